The van der Waals surface area contributed by atoms with Gasteiger partial charge in [-0.1, -0.05) is 37.3 Å². The van der Waals surface area contributed by atoms with E-state index >= 15 is 0 Å². The Labute approximate surface area is 89.6 Å². The molecule has 2 heteroatoms. The Bertz CT molecular complexity index is 363. The van der Waals surface area contributed by atoms with Gasteiger partial charge >= 0.3 is 0 Å². The second kappa shape index (κ2) is 5.91. The Morgan fingerprint density at radius 3 is 2.40 bits per heavy atom. The Morgan fingerprint density at radius 1 is 1.13 bits per heavy atom. The van der Waals surface area contributed by atoms with Crippen LogP contribution in [0, 0.1) is 0 Å². The van der Waals surface area contributed by atoms with E-state index in [4.69, 9.17) is 0 Å². The predicted molar refractivity (Wildman–Crippen MR) is 59.8 cm³/mol. The largest absolute Gasteiger partial charge is 0.295 e. The van der Waals surface area contributed by atoms with E-state index in [1.807, 2.05) is 13.0 Å². The number of hydrogen-bond donors (Lipinski definition) is 0. The molecule has 0 amide bonds. The molecule has 1 aromatic carbocycles. The van der Waals surface area contributed by atoms with E-state index in [1.54, 1.807) is 24.3 Å². The summed E-state index contributed by atoms with van der Waals surface area (Å²) in [5.74, 6) is -0.123. The first-order valence-corrected chi connectivity index (χ1v) is 5.04. The number of hydrogen-bond acceptors (Lipinski definition) is 2. The average Bonchev–Trinajstić information content (AvgIpc) is 2.27. The van der Waals surface area contributed by atoms with Crippen molar-refractivity contribution in [3.8, 4) is 0 Å². The quantitative estimate of drug-likeness (QED) is 0.543. The van der Waals surface area contributed by atoms with Crippen LogP contribution in [-0.4, -0.2) is 11.6 Å². The van der Waals surface area contributed by atoms with Crippen molar-refractivity contribution in [3.05, 3.63) is 48.0 Å². The van der Waals surface area contributed by atoms with E-state index in [0.717, 1.165) is 6.42 Å². The molecule has 0 unspecified atom stereocenters. The number of rotatable bonds is 5. The summed E-state index contributed by atoms with van der Waals surface area (Å²) in [4.78, 5) is 22.7. The number of carbonyl (C=O) groups is 2. The molecule has 0 bridgehead atoms. The first-order chi connectivity index (χ1) is 7.24. The van der Waals surface area contributed by atoms with Gasteiger partial charge in [0.2, 0.25) is 0 Å². The average molecular weight is 202 g/mol. The predicted octanol–water partition coefficient (Wildman–Crippen LogP) is 2.79. The molecule has 0 aliphatic heterocycles. The molecule has 0 atom stereocenters. The second-order valence-electron chi connectivity index (χ2n) is 3.28. The maximum atomic E-state index is 11.5. The normalized spacial score (nSPS) is 10.5. The summed E-state index contributed by atoms with van der Waals surface area (Å²) >= 11 is 0. The fourth-order valence-corrected chi connectivity index (χ4v) is 1.20. The highest BCUT2D eigenvalue weighted by Gasteiger charge is 2.00. The summed E-state index contributed by atoms with van der Waals surface area (Å²) in [6.07, 6.45) is 4.01. The van der Waals surface area contributed by atoms with Gasteiger partial charge in [-0.15, -0.1) is 0 Å². The van der Waals surface area contributed by atoms with Gasteiger partial charge in [0.25, 0.3) is 0 Å². The van der Waals surface area contributed by atoms with Crippen LogP contribution in [0.25, 0.3) is 0 Å². The van der Waals surface area contributed by atoms with Crippen LogP contribution in [0.3, 0.4) is 0 Å². The molecule has 0 radical (unpaired) electrons. The molecule has 0 aliphatic carbocycles. The minimum Gasteiger partial charge on any atom is -0.295 e. The molecule has 0 aliphatic rings. The number of allylic oxidation sites excluding steroid dienone is 2. The lowest BCUT2D eigenvalue weighted by molar-refractivity contribution is -0.114. The van der Waals surface area contributed by atoms with Crippen LogP contribution in [0.4, 0.5) is 0 Å². The molecule has 0 spiro atoms. The minimum atomic E-state index is -0.125. The zero-order valence-corrected chi connectivity index (χ0v) is 8.77. The van der Waals surface area contributed by atoms with Crippen molar-refractivity contribution in [1.82, 2.24) is 0 Å². The highest BCUT2D eigenvalue weighted by Crippen LogP contribution is 2.01. The summed E-state index contributed by atoms with van der Waals surface area (Å²) in [5.41, 5.74) is 0.609. The number of benzene rings is 1. The topological polar surface area (TPSA) is 34.1 Å². The lowest BCUT2D eigenvalue weighted by Crippen LogP contribution is -1.96. The molecule has 0 aromatic heterocycles. The zero-order valence-electron chi connectivity index (χ0n) is 8.77. The van der Waals surface area contributed by atoms with Crippen molar-refractivity contribution in [1.29, 1.82) is 0 Å². The SMILES string of the molecule is CCCC(=O)/C=C/C(=O)c1ccccc1. The van der Waals surface area contributed by atoms with Crippen LogP contribution < -0.4 is 0 Å². The van der Waals surface area contributed by atoms with Crippen LogP contribution in [0.2, 0.25) is 0 Å². The number of ketones is 2. The molecule has 0 saturated carbocycles. The van der Waals surface area contributed by atoms with E-state index in [2.05, 4.69) is 0 Å². The van der Waals surface area contributed by atoms with Gasteiger partial charge < -0.3 is 0 Å². The van der Waals surface area contributed by atoms with Crippen molar-refractivity contribution < 1.29 is 9.59 Å². The van der Waals surface area contributed by atoms with Gasteiger partial charge in [0.15, 0.2) is 11.6 Å². The smallest absolute Gasteiger partial charge is 0.185 e. The Kier molecular flexibility index (Phi) is 4.48. The molecular weight excluding hydrogens is 188 g/mol. The molecule has 0 heterocycles. The summed E-state index contributed by atoms with van der Waals surface area (Å²) in [7, 11) is 0. The Balaban J connectivity index is 2.60. The van der Waals surface area contributed by atoms with Gasteiger partial charge in [-0.2, -0.15) is 0 Å². The third kappa shape index (κ3) is 3.90. The van der Waals surface area contributed by atoms with E-state index in [0.29, 0.717) is 12.0 Å². The van der Waals surface area contributed by atoms with Gasteiger partial charge in [0, 0.05) is 12.0 Å². The van der Waals surface area contributed by atoms with Crippen LogP contribution >= 0.6 is 0 Å². The highest BCUT2D eigenvalue weighted by atomic mass is 16.1. The van der Waals surface area contributed by atoms with Gasteiger partial charge in [0.1, 0.15) is 0 Å². The second-order valence-corrected chi connectivity index (χ2v) is 3.28. The van der Waals surface area contributed by atoms with Gasteiger partial charge in [-0.05, 0) is 18.6 Å². The molecule has 2 nitrogen and oxygen atoms in total. The molecule has 0 N–H and O–H groups in total. The third-order valence-corrected chi connectivity index (χ3v) is 1.98. The first kappa shape index (κ1) is 11.4. The molecule has 1 rings (SSSR count). The van der Waals surface area contributed by atoms with Crippen LogP contribution in [0.5, 0.6) is 0 Å². The lowest BCUT2D eigenvalue weighted by Gasteiger charge is -1.93. The number of carbonyl (C=O) groups excluding carboxylic acids is 2. The molecule has 78 valence electrons. The minimum absolute atomic E-state index is 0.00165. The fourth-order valence-electron chi connectivity index (χ4n) is 1.20. The maximum Gasteiger partial charge on any atom is 0.185 e. The van der Waals surface area contributed by atoms with Crippen molar-refractivity contribution in [2.24, 2.45) is 0 Å². The van der Waals surface area contributed by atoms with Crippen molar-refractivity contribution in [3.63, 3.8) is 0 Å². The lowest BCUT2D eigenvalue weighted by atomic mass is 10.1. The Hall–Kier alpha value is -1.70. The molecule has 0 saturated heterocycles. The van der Waals surface area contributed by atoms with Crippen molar-refractivity contribution in [2.45, 2.75) is 19.8 Å². The highest BCUT2D eigenvalue weighted by molar-refractivity contribution is 6.07. The van der Waals surface area contributed by atoms with Crippen LogP contribution in [-0.2, 0) is 4.79 Å². The van der Waals surface area contributed by atoms with E-state index in [9.17, 15) is 9.59 Å². The fraction of sp³-hybridized carbons (Fsp3) is 0.231. The monoisotopic (exact) mass is 202 g/mol. The molecule has 15 heavy (non-hydrogen) atoms. The standard InChI is InChI=1S/C13H14O2/c1-2-6-12(14)9-10-13(15)11-7-4-3-5-8-11/h3-5,7-10H,2,6H2,1H3/b10-9+. The van der Waals surface area contributed by atoms with Crippen LogP contribution in [0.15, 0.2) is 42.5 Å². The summed E-state index contributed by atoms with van der Waals surface area (Å²) < 4.78 is 0. The van der Waals surface area contributed by atoms with Gasteiger partial charge in [-0.25, -0.2) is 0 Å². The van der Waals surface area contributed by atoms with E-state index < -0.39 is 0 Å². The third-order valence-electron chi connectivity index (χ3n) is 1.98. The first-order valence-electron chi connectivity index (χ1n) is 5.04. The van der Waals surface area contributed by atoms with E-state index in [1.165, 1.54) is 12.2 Å². The van der Waals surface area contributed by atoms with E-state index in [-0.39, 0.29) is 11.6 Å². The van der Waals surface area contributed by atoms with Gasteiger partial charge in [-0.3, -0.25) is 9.59 Å². The molecular formula is C13H14O2. The zero-order chi connectivity index (χ0) is 11.1. The molecule has 1 aromatic rings. The molecule has 0 fully saturated rings. The van der Waals surface area contributed by atoms with Crippen LogP contribution in [0.1, 0.15) is 30.1 Å². The summed E-state index contributed by atoms with van der Waals surface area (Å²) in [6.45, 7) is 1.94. The van der Waals surface area contributed by atoms with Crippen molar-refractivity contribution in [2.75, 3.05) is 0 Å². The van der Waals surface area contributed by atoms with Crippen molar-refractivity contribution >= 4 is 11.6 Å². The summed E-state index contributed by atoms with van der Waals surface area (Å²) in [5, 5.41) is 0. The van der Waals surface area contributed by atoms with Gasteiger partial charge in [0.05, 0.1) is 0 Å². The maximum absolute atomic E-state index is 11.5. The summed E-state index contributed by atoms with van der Waals surface area (Å²) in [6, 6.07) is 8.92. The Morgan fingerprint density at radius 2 is 1.80 bits per heavy atom.